The van der Waals surface area contributed by atoms with Gasteiger partial charge in [-0.05, 0) is 48.7 Å². The highest BCUT2D eigenvalue weighted by molar-refractivity contribution is 6.29. The number of nitrogens with zero attached hydrogens (tertiary/aromatic N) is 4. The van der Waals surface area contributed by atoms with E-state index in [1.54, 1.807) is 34.2 Å². The van der Waals surface area contributed by atoms with Crippen LogP contribution in [-0.4, -0.2) is 63.2 Å². The third-order valence-corrected chi connectivity index (χ3v) is 5.87. The summed E-state index contributed by atoms with van der Waals surface area (Å²) in [5, 5.41) is 3.18. The number of nitrogens with one attached hydrogen (secondary N) is 1. The fourth-order valence-corrected chi connectivity index (χ4v) is 4.05. The molecule has 3 amide bonds. The second kappa shape index (κ2) is 9.08. The van der Waals surface area contributed by atoms with Crippen molar-refractivity contribution in [3.05, 3.63) is 59.5 Å². The third-order valence-electron chi connectivity index (χ3n) is 5.67. The van der Waals surface area contributed by atoms with Crippen molar-refractivity contribution in [1.29, 1.82) is 0 Å². The Kier molecular flexibility index (Phi) is 6.23. The molecule has 2 aromatic heterocycles. The minimum atomic E-state index is -0.371. The molecule has 166 valence electrons. The Bertz CT molecular complexity index is 1090. The number of hydrogen-bond acceptors (Lipinski definition) is 5. The van der Waals surface area contributed by atoms with Crippen LogP contribution in [0.2, 0.25) is 5.15 Å². The molecule has 2 fully saturated rings. The maximum absolute atomic E-state index is 12.4. The Labute approximate surface area is 191 Å². The number of hydrogen-bond donors (Lipinski definition) is 1. The quantitative estimate of drug-likeness (QED) is 0.554. The monoisotopic (exact) mass is 453 g/mol. The van der Waals surface area contributed by atoms with Crippen molar-refractivity contribution >= 4 is 29.3 Å². The molecule has 4 rings (SSSR count). The van der Waals surface area contributed by atoms with Gasteiger partial charge in [0.05, 0.1) is 11.7 Å². The summed E-state index contributed by atoms with van der Waals surface area (Å²) in [5.74, 6) is -0.484. The van der Waals surface area contributed by atoms with Crippen LogP contribution in [-0.2, 0) is 9.59 Å². The van der Waals surface area contributed by atoms with Crippen LogP contribution in [0.25, 0.3) is 11.3 Å². The van der Waals surface area contributed by atoms with E-state index >= 15 is 0 Å². The molecule has 1 N–H and O–H groups in total. The van der Waals surface area contributed by atoms with Gasteiger partial charge in [-0.3, -0.25) is 19.4 Å². The van der Waals surface area contributed by atoms with Gasteiger partial charge < -0.3 is 15.1 Å². The Morgan fingerprint density at radius 1 is 1.22 bits per heavy atom. The molecule has 0 bridgehead atoms. The van der Waals surface area contributed by atoms with Crippen LogP contribution >= 0.6 is 11.6 Å². The summed E-state index contributed by atoms with van der Waals surface area (Å²) >= 11 is 6.35. The summed E-state index contributed by atoms with van der Waals surface area (Å²) < 4.78 is 0. The Hall–Kier alpha value is -3.26. The van der Waals surface area contributed by atoms with E-state index in [0.29, 0.717) is 36.6 Å². The zero-order chi connectivity index (χ0) is 22.8. The molecule has 32 heavy (non-hydrogen) atoms. The lowest BCUT2D eigenvalue weighted by molar-refractivity contribution is -0.139. The molecular weight excluding hydrogens is 430 g/mol. The minimum Gasteiger partial charge on any atom is -0.348 e. The summed E-state index contributed by atoms with van der Waals surface area (Å²) in [5.41, 5.74) is 2.32. The van der Waals surface area contributed by atoms with Gasteiger partial charge in [0, 0.05) is 44.4 Å². The van der Waals surface area contributed by atoms with Gasteiger partial charge in [0.25, 0.3) is 5.91 Å². The molecule has 9 heteroatoms. The van der Waals surface area contributed by atoms with Crippen LogP contribution < -0.4 is 5.32 Å². The molecule has 2 aliphatic rings. The van der Waals surface area contributed by atoms with Gasteiger partial charge in [-0.1, -0.05) is 18.2 Å². The van der Waals surface area contributed by atoms with Crippen molar-refractivity contribution < 1.29 is 14.4 Å². The fraction of sp³-hybridized carbons (Fsp3) is 0.348. The van der Waals surface area contributed by atoms with Crippen LogP contribution in [0.3, 0.4) is 0 Å². The first-order valence-corrected chi connectivity index (χ1v) is 10.9. The minimum absolute atomic E-state index is 0.0851. The van der Waals surface area contributed by atoms with Crippen molar-refractivity contribution in [3.8, 4) is 11.3 Å². The molecule has 8 nitrogen and oxygen atoms in total. The summed E-state index contributed by atoms with van der Waals surface area (Å²) in [6, 6.07) is 6.84. The number of aromatic nitrogens is 2. The highest BCUT2D eigenvalue weighted by Gasteiger charge is 2.32. The molecule has 1 atom stereocenters. The van der Waals surface area contributed by atoms with Gasteiger partial charge in [-0.25, -0.2) is 4.98 Å². The van der Waals surface area contributed by atoms with E-state index in [9.17, 15) is 14.4 Å². The van der Waals surface area contributed by atoms with Crippen molar-refractivity contribution in [3.63, 3.8) is 0 Å². The van der Waals surface area contributed by atoms with E-state index in [-0.39, 0.29) is 35.0 Å². The Balaban J connectivity index is 1.67. The predicted octanol–water partition coefficient (Wildman–Crippen LogP) is 2.61. The molecule has 1 aliphatic heterocycles. The van der Waals surface area contributed by atoms with E-state index < -0.39 is 0 Å². The zero-order valence-electron chi connectivity index (χ0n) is 17.8. The lowest BCUT2D eigenvalue weighted by Crippen LogP contribution is -2.51. The van der Waals surface area contributed by atoms with Crippen LogP contribution in [0, 0.1) is 0 Å². The zero-order valence-corrected chi connectivity index (χ0v) is 18.5. The van der Waals surface area contributed by atoms with Crippen molar-refractivity contribution in [1.82, 2.24) is 25.1 Å². The molecule has 0 unspecified atom stereocenters. The van der Waals surface area contributed by atoms with E-state index in [1.165, 1.54) is 13.0 Å². The highest BCUT2D eigenvalue weighted by atomic mass is 35.5. The molecule has 0 aromatic carbocycles. The number of piperazine rings is 1. The molecule has 2 aromatic rings. The lowest BCUT2D eigenvalue weighted by Gasteiger charge is -2.41. The van der Waals surface area contributed by atoms with Gasteiger partial charge >= 0.3 is 0 Å². The summed E-state index contributed by atoms with van der Waals surface area (Å²) in [6.07, 6.45) is 4.82. The smallest absolute Gasteiger partial charge is 0.270 e. The first kappa shape index (κ1) is 22.0. The molecular formula is C23H24ClN5O3. The normalized spacial score (nSPS) is 18.2. The number of carbonyl (C=O) groups is 3. The van der Waals surface area contributed by atoms with E-state index in [4.69, 9.17) is 11.6 Å². The number of carbonyl (C=O) groups excluding carboxylic acids is 3. The standard InChI is InChI=1S/C23H24ClN5O3/c1-3-22(31)28-8-9-29(14(2)30)20(13-28)16-11-18(27-21(24)12-16)15-6-7-25-19(10-15)23(32)26-17-4-5-17/h3,6-7,10-12,17,20H,1,4-5,8-9,13H2,2H3,(H,26,32)/t20-/m1/s1. The second-order valence-electron chi connectivity index (χ2n) is 8.00. The maximum atomic E-state index is 12.4. The topological polar surface area (TPSA) is 95.5 Å². The van der Waals surface area contributed by atoms with Gasteiger partial charge in [-0.2, -0.15) is 0 Å². The summed E-state index contributed by atoms with van der Waals surface area (Å²) in [4.78, 5) is 48.8. The average Bonchev–Trinajstić information content (AvgIpc) is 3.61. The lowest BCUT2D eigenvalue weighted by atomic mass is 10.0. The number of rotatable bonds is 5. The van der Waals surface area contributed by atoms with E-state index in [2.05, 4.69) is 21.9 Å². The van der Waals surface area contributed by atoms with Gasteiger partial charge in [-0.15, -0.1) is 0 Å². The van der Waals surface area contributed by atoms with Crippen molar-refractivity contribution in [2.24, 2.45) is 0 Å². The Morgan fingerprint density at radius 2 is 2.00 bits per heavy atom. The summed E-state index contributed by atoms with van der Waals surface area (Å²) in [6.45, 7) is 6.25. The predicted molar refractivity (Wildman–Crippen MR) is 120 cm³/mol. The second-order valence-corrected chi connectivity index (χ2v) is 8.39. The van der Waals surface area contributed by atoms with Crippen LogP contribution in [0.5, 0.6) is 0 Å². The first-order valence-electron chi connectivity index (χ1n) is 10.5. The van der Waals surface area contributed by atoms with Gasteiger partial charge in [0.1, 0.15) is 10.8 Å². The van der Waals surface area contributed by atoms with Crippen LogP contribution in [0.1, 0.15) is 41.9 Å². The van der Waals surface area contributed by atoms with Crippen molar-refractivity contribution in [2.45, 2.75) is 31.8 Å². The first-order chi connectivity index (χ1) is 15.4. The number of amides is 3. The number of pyridine rings is 2. The van der Waals surface area contributed by atoms with Crippen LogP contribution in [0.15, 0.2) is 43.1 Å². The number of halogens is 1. The highest BCUT2D eigenvalue weighted by Crippen LogP contribution is 2.31. The fourth-order valence-electron chi connectivity index (χ4n) is 3.83. The molecule has 0 spiro atoms. The van der Waals surface area contributed by atoms with Crippen molar-refractivity contribution in [2.75, 3.05) is 19.6 Å². The molecule has 1 saturated carbocycles. The summed E-state index contributed by atoms with van der Waals surface area (Å²) in [7, 11) is 0. The molecule has 1 saturated heterocycles. The largest absolute Gasteiger partial charge is 0.348 e. The third kappa shape index (κ3) is 4.80. The average molecular weight is 454 g/mol. The SMILES string of the molecule is C=CC(=O)N1CCN(C(C)=O)[C@@H](c2cc(Cl)nc(-c3ccnc(C(=O)NC4CC4)c3)c2)C1. The van der Waals surface area contributed by atoms with Crippen LogP contribution in [0.4, 0.5) is 0 Å². The molecule has 0 radical (unpaired) electrons. The Morgan fingerprint density at radius 3 is 2.69 bits per heavy atom. The molecule has 1 aliphatic carbocycles. The van der Waals surface area contributed by atoms with Gasteiger partial charge in [0.2, 0.25) is 11.8 Å². The van der Waals surface area contributed by atoms with E-state index in [1.807, 2.05) is 6.07 Å². The van der Waals surface area contributed by atoms with Gasteiger partial charge in [0.15, 0.2) is 0 Å². The molecule has 3 heterocycles. The van der Waals surface area contributed by atoms with E-state index in [0.717, 1.165) is 18.4 Å². The maximum Gasteiger partial charge on any atom is 0.270 e.